The van der Waals surface area contributed by atoms with Gasteiger partial charge in [0.25, 0.3) is 5.56 Å². The Morgan fingerprint density at radius 2 is 2.00 bits per heavy atom. The van der Waals surface area contributed by atoms with Crippen molar-refractivity contribution in [3.05, 3.63) is 34.8 Å². The Morgan fingerprint density at radius 3 is 2.75 bits per heavy atom. The van der Waals surface area contributed by atoms with Crippen molar-refractivity contribution in [1.29, 1.82) is 0 Å². The number of rotatable bonds is 1. The van der Waals surface area contributed by atoms with Gasteiger partial charge in [0.2, 0.25) is 5.82 Å². The lowest BCUT2D eigenvalue weighted by Crippen LogP contribution is -2.03. The van der Waals surface area contributed by atoms with Crippen LogP contribution in [0.5, 0.6) is 0 Å². The number of fused-ring (bicyclic) bond motifs is 1. The first kappa shape index (κ1) is 8.86. The maximum Gasteiger partial charge on any atom is 0.274 e. The molecule has 0 saturated carbocycles. The predicted octanol–water partition coefficient (Wildman–Crippen LogP) is 0.781. The Morgan fingerprint density at radius 1 is 1.19 bits per heavy atom. The van der Waals surface area contributed by atoms with Crippen molar-refractivity contribution in [1.82, 2.24) is 9.97 Å². The zero-order valence-corrected chi connectivity index (χ0v) is 7.93. The molecule has 0 radical (unpaired) electrons. The van der Waals surface area contributed by atoms with Crippen molar-refractivity contribution in [3.8, 4) is 11.5 Å². The molecule has 1 aliphatic rings. The zero-order valence-electron chi connectivity index (χ0n) is 7.93. The lowest BCUT2D eigenvalue weighted by molar-refractivity contribution is 0.280. The quantitative estimate of drug-likeness (QED) is 0.730. The minimum Gasteiger partial charge on any atom is -0.463 e. The van der Waals surface area contributed by atoms with Crippen LogP contribution in [0.15, 0.2) is 33.7 Å². The standard InChI is InChI=1S/C9H6N4O3/c14-7-4-5(6-2-1-3-15-6)10-8-9(11-7)13-16-12-8/h1-4H,(H,10,12)(H,11,13,14). The molecule has 0 aromatic carbocycles. The van der Waals surface area contributed by atoms with Crippen molar-refractivity contribution in [3.63, 3.8) is 0 Å². The van der Waals surface area contributed by atoms with Crippen LogP contribution < -0.4 is 16.5 Å². The fourth-order valence-corrected chi connectivity index (χ4v) is 1.33. The largest absolute Gasteiger partial charge is 0.463 e. The number of hydrogen-bond acceptors (Lipinski definition) is 7. The molecule has 2 N–H and O–H groups in total. The molecule has 0 spiro atoms. The summed E-state index contributed by atoms with van der Waals surface area (Å²) in [4.78, 5) is 24.0. The fraction of sp³-hybridized carbons (Fsp3) is 0. The highest BCUT2D eigenvalue weighted by atomic mass is 16.8. The number of furan rings is 1. The summed E-state index contributed by atoms with van der Waals surface area (Å²) in [5, 5.41) is 0. The van der Waals surface area contributed by atoms with Crippen molar-refractivity contribution in [2.24, 2.45) is 0 Å². The van der Waals surface area contributed by atoms with Crippen LogP contribution in [0, 0.1) is 0 Å². The SMILES string of the molecule is O=c1cc(-c2ccco2)nc2c(n1)NON2. The van der Waals surface area contributed by atoms with Gasteiger partial charge in [-0.25, -0.2) is 15.9 Å². The summed E-state index contributed by atoms with van der Waals surface area (Å²) < 4.78 is 5.16. The first-order chi connectivity index (χ1) is 7.83. The molecular weight excluding hydrogens is 212 g/mol. The first-order valence-electron chi connectivity index (χ1n) is 4.48. The van der Waals surface area contributed by atoms with Crippen LogP contribution >= 0.6 is 0 Å². The Bertz CT molecular complexity index is 582. The van der Waals surface area contributed by atoms with E-state index in [0.29, 0.717) is 17.3 Å². The molecule has 0 bridgehead atoms. The summed E-state index contributed by atoms with van der Waals surface area (Å²) in [5.74, 6) is 1.09. The summed E-state index contributed by atoms with van der Waals surface area (Å²) in [5.41, 5.74) is 4.86. The van der Waals surface area contributed by atoms with Crippen LogP contribution in [-0.2, 0) is 4.94 Å². The molecule has 0 unspecified atom stereocenters. The van der Waals surface area contributed by atoms with Crippen LogP contribution in [0.3, 0.4) is 0 Å². The number of hydrogen-bond donors (Lipinski definition) is 2. The van der Waals surface area contributed by atoms with Gasteiger partial charge in [-0.3, -0.25) is 4.79 Å². The summed E-state index contributed by atoms with van der Waals surface area (Å²) >= 11 is 0. The lowest BCUT2D eigenvalue weighted by Gasteiger charge is -1.92. The third kappa shape index (κ3) is 1.39. The van der Waals surface area contributed by atoms with E-state index in [1.54, 1.807) is 12.1 Å². The molecule has 3 rings (SSSR count). The average molecular weight is 218 g/mol. The highest BCUT2D eigenvalue weighted by molar-refractivity contribution is 5.63. The summed E-state index contributed by atoms with van der Waals surface area (Å²) in [6, 6.07) is 4.71. The maximum atomic E-state index is 11.4. The van der Waals surface area contributed by atoms with Crippen molar-refractivity contribution in [2.75, 3.05) is 11.0 Å². The summed E-state index contributed by atoms with van der Waals surface area (Å²) in [6.45, 7) is 0. The smallest absolute Gasteiger partial charge is 0.274 e. The normalized spacial score (nSPS) is 12.8. The van der Waals surface area contributed by atoms with E-state index in [0.717, 1.165) is 0 Å². The van der Waals surface area contributed by atoms with Crippen LogP contribution in [0.2, 0.25) is 0 Å². The van der Waals surface area contributed by atoms with Crippen LogP contribution in [0.25, 0.3) is 11.5 Å². The highest BCUT2D eigenvalue weighted by Gasteiger charge is 2.15. The van der Waals surface area contributed by atoms with Crippen molar-refractivity contribution >= 4 is 11.6 Å². The highest BCUT2D eigenvalue weighted by Crippen LogP contribution is 2.23. The number of aromatic nitrogens is 2. The molecule has 2 aromatic rings. The zero-order chi connectivity index (χ0) is 11.0. The van der Waals surface area contributed by atoms with E-state index in [9.17, 15) is 4.79 Å². The molecule has 16 heavy (non-hydrogen) atoms. The molecule has 7 heteroatoms. The second-order valence-electron chi connectivity index (χ2n) is 3.07. The maximum absolute atomic E-state index is 11.4. The van der Waals surface area contributed by atoms with Gasteiger partial charge in [-0.1, -0.05) is 0 Å². The van der Waals surface area contributed by atoms with Gasteiger partial charge in [-0.2, -0.15) is 9.92 Å². The average Bonchev–Trinajstić information content (AvgIpc) is 2.87. The molecule has 0 amide bonds. The van der Waals surface area contributed by atoms with Gasteiger partial charge in [-0.15, -0.1) is 0 Å². The Hall–Kier alpha value is -2.41. The second kappa shape index (κ2) is 3.31. The third-order valence-corrected chi connectivity index (χ3v) is 2.01. The van der Waals surface area contributed by atoms with Gasteiger partial charge >= 0.3 is 0 Å². The minimum atomic E-state index is -0.431. The number of anilines is 2. The monoisotopic (exact) mass is 218 g/mol. The van der Waals surface area contributed by atoms with Gasteiger partial charge in [0.1, 0.15) is 5.69 Å². The Kier molecular flexibility index (Phi) is 1.84. The number of nitrogens with one attached hydrogen (secondary N) is 2. The van der Waals surface area contributed by atoms with Gasteiger partial charge in [0, 0.05) is 6.07 Å². The van der Waals surface area contributed by atoms with Gasteiger partial charge < -0.3 is 4.42 Å². The molecule has 80 valence electrons. The molecule has 2 aromatic heterocycles. The lowest BCUT2D eigenvalue weighted by atomic mass is 10.3. The number of nitrogens with zero attached hydrogens (tertiary/aromatic N) is 2. The molecule has 7 nitrogen and oxygen atoms in total. The van der Waals surface area contributed by atoms with E-state index in [-0.39, 0.29) is 5.82 Å². The van der Waals surface area contributed by atoms with E-state index >= 15 is 0 Å². The summed E-state index contributed by atoms with van der Waals surface area (Å²) in [6.07, 6.45) is 1.50. The van der Waals surface area contributed by atoms with E-state index in [1.807, 2.05) is 0 Å². The van der Waals surface area contributed by atoms with Gasteiger partial charge in [-0.05, 0) is 12.1 Å². The van der Waals surface area contributed by atoms with E-state index in [4.69, 9.17) is 4.42 Å². The van der Waals surface area contributed by atoms with Crippen molar-refractivity contribution in [2.45, 2.75) is 0 Å². The molecule has 0 aliphatic carbocycles. The molecule has 0 atom stereocenters. The topological polar surface area (TPSA) is 89.3 Å². The third-order valence-electron chi connectivity index (χ3n) is 2.01. The van der Waals surface area contributed by atoms with E-state index in [2.05, 4.69) is 25.9 Å². The van der Waals surface area contributed by atoms with Gasteiger partial charge in [0.15, 0.2) is 11.6 Å². The van der Waals surface area contributed by atoms with E-state index in [1.165, 1.54) is 12.3 Å². The fourth-order valence-electron chi connectivity index (χ4n) is 1.33. The van der Waals surface area contributed by atoms with Crippen molar-refractivity contribution < 1.29 is 9.36 Å². The van der Waals surface area contributed by atoms with Crippen LogP contribution in [-0.4, -0.2) is 9.97 Å². The molecular formula is C9H6N4O3. The van der Waals surface area contributed by atoms with Gasteiger partial charge in [0.05, 0.1) is 6.26 Å². The summed E-state index contributed by atoms with van der Waals surface area (Å²) in [7, 11) is 0. The Balaban J connectivity index is 2.25. The minimum absolute atomic E-state index is 0.253. The first-order valence-corrected chi connectivity index (χ1v) is 4.48. The predicted molar refractivity (Wildman–Crippen MR) is 54.3 cm³/mol. The second-order valence-corrected chi connectivity index (χ2v) is 3.07. The van der Waals surface area contributed by atoms with E-state index < -0.39 is 5.56 Å². The van der Waals surface area contributed by atoms with Crippen LogP contribution in [0.4, 0.5) is 11.6 Å². The molecule has 0 saturated heterocycles. The van der Waals surface area contributed by atoms with Crippen LogP contribution in [0.1, 0.15) is 0 Å². The molecule has 1 aliphatic heterocycles. The molecule has 3 heterocycles. The molecule has 0 fully saturated rings. The Labute approximate surface area is 89.0 Å².